The third kappa shape index (κ3) is 3.27. The fraction of sp³-hybridized carbons (Fsp3) is 0.188. The van der Waals surface area contributed by atoms with Crippen LogP contribution in [0, 0.1) is 5.82 Å². The molecule has 1 unspecified atom stereocenters. The molecule has 0 fully saturated rings. The molecular formula is C16H13F4NO. The lowest BCUT2D eigenvalue weighted by atomic mass is 9.96. The van der Waals surface area contributed by atoms with Crippen molar-refractivity contribution in [1.29, 1.82) is 0 Å². The van der Waals surface area contributed by atoms with Crippen molar-refractivity contribution in [2.75, 3.05) is 0 Å². The van der Waals surface area contributed by atoms with E-state index in [-0.39, 0.29) is 5.56 Å². The van der Waals surface area contributed by atoms with Crippen molar-refractivity contribution in [2.24, 2.45) is 5.73 Å². The average molecular weight is 311 g/mol. The molecule has 0 heterocycles. The monoisotopic (exact) mass is 311 g/mol. The van der Waals surface area contributed by atoms with Gasteiger partial charge in [0.2, 0.25) is 5.91 Å². The van der Waals surface area contributed by atoms with Crippen LogP contribution in [0.25, 0.3) is 11.1 Å². The van der Waals surface area contributed by atoms with Crippen LogP contribution in [0.3, 0.4) is 0 Å². The SMILES string of the molecule is CC(C(N)=O)c1ccc(-c2ccc(C(F)(F)F)cc2)c(F)c1. The first-order valence-electron chi connectivity index (χ1n) is 6.46. The molecule has 2 N–H and O–H groups in total. The van der Waals surface area contributed by atoms with Crippen LogP contribution < -0.4 is 5.73 Å². The molecule has 2 aromatic carbocycles. The van der Waals surface area contributed by atoms with Gasteiger partial charge in [0.1, 0.15) is 5.82 Å². The van der Waals surface area contributed by atoms with E-state index >= 15 is 0 Å². The van der Waals surface area contributed by atoms with E-state index in [0.29, 0.717) is 11.1 Å². The fourth-order valence-corrected chi connectivity index (χ4v) is 2.04. The second-order valence-electron chi connectivity index (χ2n) is 4.94. The number of benzene rings is 2. The zero-order chi connectivity index (χ0) is 16.5. The van der Waals surface area contributed by atoms with Crippen LogP contribution in [-0.2, 0) is 11.0 Å². The first kappa shape index (κ1) is 16.0. The summed E-state index contributed by atoms with van der Waals surface area (Å²) in [6.07, 6.45) is -4.43. The Balaban J connectivity index is 2.36. The molecule has 0 saturated carbocycles. The molecule has 116 valence electrons. The molecule has 0 bridgehead atoms. The summed E-state index contributed by atoms with van der Waals surface area (Å²) >= 11 is 0. The van der Waals surface area contributed by atoms with E-state index in [9.17, 15) is 22.4 Å². The Morgan fingerprint density at radius 3 is 2.14 bits per heavy atom. The molecule has 0 spiro atoms. The van der Waals surface area contributed by atoms with Gasteiger partial charge in [-0.25, -0.2) is 4.39 Å². The summed E-state index contributed by atoms with van der Waals surface area (Å²) in [5, 5.41) is 0. The zero-order valence-corrected chi connectivity index (χ0v) is 11.6. The Morgan fingerprint density at radius 2 is 1.68 bits per heavy atom. The van der Waals surface area contributed by atoms with Crippen molar-refractivity contribution >= 4 is 5.91 Å². The Hall–Kier alpha value is -2.37. The van der Waals surface area contributed by atoms with Gasteiger partial charge in [0.05, 0.1) is 11.5 Å². The second-order valence-corrected chi connectivity index (χ2v) is 4.94. The summed E-state index contributed by atoms with van der Waals surface area (Å²) in [6, 6.07) is 8.33. The number of amides is 1. The summed E-state index contributed by atoms with van der Waals surface area (Å²) in [6.45, 7) is 1.55. The van der Waals surface area contributed by atoms with Crippen LogP contribution >= 0.6 is 0 Å². The summed E-state index contributed by atoms with van der Waals surface area (Å²) in [7, 11) is 0. The average Bonchev–Trinajstić information content (AvgIpc) is 2.45. The first-order valence-corrected chi connectivity index (χ1v) is 6.46. The number of carbonyl (C=O) groups excluding carboxylic acids is 1. The van der Waals surface area contributed by atoms with Gasteiger partial charge in [-0.15, -0.1) is 0 Å². The molecule has 6 heteroatoms. The summed E-state index contributed by atoms with van der Waals surface area (Å²) in [5.41, 5.74) is 5.26. The molecule has 0 aliphatic carbocycles. The van der Waals surface area contributed by atoms with Crippen LogP contribution in [0.15, 0.2) is 42.5 Å². The molecule has 0 saturated heterocycles. The Kier molecular flexibility index (Phi) is 4.21. The molecular weight excluding hydrogens is 298 g/mol. The van der Waals surface area contributed by atoms with E-state index < -0.39 is 29.4 Å². The molecule has 2 rings (SSSR count). The van der Waals surface area contributed by atoms with E-state index in [1.54, 1.807) is 6.92 Å². The molecule has 1 amide bonds. The lowest BCUT2D eigenvalue weighted by Crippen LogP contribution is -2.18. The van der Waals surface area contributed by atoms with Crippen LogP contribution in [0.2, 0.25) is 0 Å². The predicted octanol–water partition coefficient (Wildman–Crippen LogP) is 4.10. The first-order chi connectivity index (χ1) is 10.2. The van der Waals surface area contributed by atoms with E-state index in [0.717, 1.165) is 12.1 Å². The van der Waals surface area contributed by atoms with Gasteiger partial charge in [-0.2, -0.15) is 13.2 Å². The van der Waals surface area contributed by atoms with Gasteiger partial charge in [0, 0.05) is 5.56 Å². The zero-order valence-electron chi connectivity index (χ0n) is 11.6. The number of halogens is 4. The minimum absolute atomic E-state index is 0.161. The van der Waals surface area contributed by atoms with Gasteiger partial charge in [-0.3, -0.25) is 4.79 Å². The maximum Gasteiger partial charge on any atom is 0.416 e. The summed E-state index contributed by atoms with van der Waals surface area (Å²) < 4.78 is 51.6. The highest BCUT2D eigenvalue weighted by Gasteiger charge is 2.30. The van der Waals surface area contributed by atoms with Crippen molar-refractivity contribution in [3.05, 3.63) is 59.4 Å². The number of primary amides is 1. The van der Waals surface area contributed by atoms with Crippen LogP contribution in [0.4, 0.5) is 17.6 Å². The highest BCUT2D eigenvalue weighted by molar-refractivity contribution is 5.81. The molecule has 1 atom stereocenters. The molecule has 0 aliphatic heterocycles. The van der Waals surface area contributed by atoms with Gasteiger partial charge in [-0.05, 0) is 36.2 Å². The summed E-state index contributed by atoms with van der Waals surface area (Å²) in [4.78, 5) is 11.1. The minimum atomic E-state index is -4.43. The third-order valence-electron chi connectivity index (χ3n) is 3.44. The van der Waals surface area contributed by atoms with Gasteiger partial charge in [0.15, 0.2) is 0 Å². The normalized spacial score (nSPS) is 13.0. The fourth-order valence-electron chi connectivity index (χ4n) is 2.04. The standard InChI is InChI=1S/C16H13F4NO/c1-9(15(21)22)11-4-7-13(14(17)8-11)10-2-5-12(6-3-10)16(18,19)20/h2-9H,1H3,(H2,21,22). The highest BCUT2D eigenvalue weighted by Crippen LogP contribution is 2.32. The number of alkyl halides is 3. The lowest BCUT2D eigenvalue weighted by Gasteiger charge is -2.11. The highest BCUT2D eigenvalue weighted by atomic mass is 19.4. The van der Waals surface area contributed by atoms with Crippen LogP contribution in [-0.4, -0.2) is 5.91 Å². The Morgan fingerprint density at radius 1 is 1.09 bits per heavy atom. The smallest absolute Gasteiger partial charge is 0.369 e. The quantitative estimate of drug-likeness (QED) is 0.852. The van der Waals surface area contributed by atoms with E-state index in [1.165, 1.54) is 30.3 Å². The molecule has 2 aromatic rings. The van der Waals surface area contributed by atoms with Gasteiger partial charge < -0.3 is 5.73 Å². The number of rotatable bonds is 3. The Labute approximate surface area is 124 Å². The van der Waals surface area contributed by atoms with Crippen molar-refractivity contribution in [3.8, 4) is 11.1 Å². The van der Waals surface area contributed by atoms with E-state index in [4.69, 9.17) is 5.73 Å². The molecule has 2 nitrogen and oxygen atoms in total. The summed E-state index contributed by atoms with van der Waals surface area (Å²) in [5.74, 6) is -1.84. The van der Waals surface area contributed by atoms with Crippen LogP contribution in [0.1, 0.15) is 24.0 Å². The minimum Gasteiger partial charge on any atom is -0.369 e. The number of nitrogens with two attached hydrogens (primary N) is 1. The van der Waals surface area contributed by atoms with Gasteiger partial charge in [0.25, 0.3) is 0 Å². The van der Waals surface area contributed by atoms with Gasteiger partial charge >= 0.3 is 6.18 Å². The topological polar surface area (TPSA) is 43.1 Å². The maximum absolute atomic E-state index is 14.1. The predicted molar refractivity (Wildman–Crippen MR) is 74.4 cm³/mol. The van der Waals surface area contributed by atoms with Gasteiger partial charge in [-0.1, -0.05) is 24.3 Å². The molecule has 0 aromatic heterocycles. The van der Waals surface area contributed by atoms with Crippen molar-refractivity contribution < 1.29 is 22.4 Å². The second kappa shape index (κ2) is 5.79. The molecule has 22 heavy (non-hydrogen) atoms. The number of carbonyl (C=O) groups is 1. The van der Waals surface area contributed by atoms with Crippen molar-refractivity contribution in [3.63, 3.8) is 0 Å². The molecule has 0 aliphatic rings. The Bertz CT molecular complexity index is 692. The van der Waals surface area contributed by atoms with Crippen molar-refractivity contribution in [1.82, 2.24) is 0 Å². The lowest BCUT2D eigenvalue weighted by molar-refractivity contribution is -0.137. The molecule has 0 radical (unpaired) electrons. The third-order valence-corrected chi connectivity index (χ3v) is 3.44. The van der Waals surface area contributed by atoms with Crippen molar-refractivity contribution in [2.45, 2.75) is 19.0 Å². The van der Waals surface area contributed by atoms with E-state index in [2.05, 4.69) is 0 Å². The maximum atomic E-state index is 14.1. The van der Waals surface area contributed by atoms with Crippen LogP contribution in [0.5, 0.6) is 0 Å². The largest absolute Gasteiger partial charge is 0.416 e. The number of hydrogen-bond donors (Lipinski definition) is 1. The number of hydrogen-bond acceptors (Lipinski definition) is 1. The van der Waals surface area contributed by atoms with E-state index in [1.807, 2.05) is 0 Å².